The van der Waals surface area contributed by atoms with Crippen LogP contribution in [0.1, 0.15) is 44.1 Å². The van der Waals surface area contributed by atoms with Gasteiger partial charge in [0, 0.05) is 38.7 Å². The first-order chi connectivity index (χ1) is 23.7. The van der Waals surface area contributed by atoms with Crippen molar-refractivity contribution in [2.75, 3.05) is 32.9 Å². The van der Waals surface area contributed by atoms with Gasteiger partial charge in [0.05, 0.1) is 17.4 Å². The molecule has 14 heteroatoms. The zero-order valence-corrected chi connectivity index (χ0v) is 28.2. The lowest BCUT2D eigenvalue weighted by atomic mass is 9.98. The molecular weight excluding hydrogens is 648 g/mol. The van der Waals surface area contributed by atoms with Crippen molar-refractivity contribution in [2.24, 2.45) is 16.9 Å². The van der Waals surface area contributed by atoms with Gasteiger partial charge < -0.3 is 20.5 Å². The second-order valence-electron chi connectivity index (χ2n) is 12.4. The highest BCUT2D eigenvalue weighted by Crippen LogP contribution is 2.35. The van der Waals surface area contributed by atoms with Crippen LogP contribution >= 0.6 is 0 Å². The minimum absolute atomic E-state index is 0.00804. The number of piperidine rings is 1. The van der Waals surface area contributed by atoms with E-state index in [1.54, 1.807) is 17.1 Å². The number of carbonyl (C=O) groups is 3. The van der Waals surface area contributed by atoms with Crippen molar-refractivity contribution in [1.82, 2.24) is 25.3 Å². The van der Waals surface area contributed by atoms with E-state index in [-0.39, 0.29) is 42.4 Å². The second-order valence-corrected chi connectivity index (χ2v) is 14.2. The molecule has 262 valence electrons. The molecule has 0 bridgehead atoms. The minimum atomic E-state index is -3.84. The lowest BCUT2D eigenvalue weighted by Gasteiger charge is -2.30. The molecule has 0 aromatic heterocycles. The van der Waals surface area contributed by atoms with Crippen molar-refractivity contribution in [3.05, 3.63) is 78.4 Å². The van der Waals surface area contributed by atoms with Gasteiger partial charge in [-0.3, -0.25) is 14.6 Å². The summed E-state index contributed by atoms with van der Waals surface area (Å²) < 4.78 is 33.6. The monoisotopic (exact) mass is 692 g/mol. The molecule has 2 fully saturated rings. The van der Waals surface area contributed by atoms with Crippen molar-refractivity contribution >= 4 is 45.0 Å². The van der Waals surface area contributed by atoms with Crippen LogP contribution in [0.2, 0.25) is 0 Å². The van der Waals surface area contributed by atoms with Crippen LogP contribution in [-0.2, 0) is 31.0 Å². The maximum absolute atomic E-state index is 13.0. The molecule has 49 heavy (non-hydrogen) atoms. The number of benzene rings is 3. The molecule has 3 atom stereocenters. The van der Waals surface area contributed by atoms with Crippen LogP contribution in [0.3, 0.4) is 0 Å². The molecule has 1 unspecified atom stereocenters. The van der Waals surface area contributed by atoms with E-state index in [0.29, 0.717) is 32.2 Å². The first-order valence-corrected chi connectivity index (χ1v) is 18.1. The fraction of sp³-hybridized carbons (Fsp3) is 0.429. The summed E-state index contributed by atoms with van der Waals surface area (Å²) in [5.74, 6) is -0.330. The van der Waals surface area contributed by atoms with Gasteiger partial charge in [-0.2, -0.15) is 5.10 Å². The summed E-state index contributed by atoms with van der Waals surface area (Å²) in [6.07, 6.45) is 3.98. The van der Waals surface area contributed by atoms with Crippen LogP contribution < -0.4 is 15.4 Å². The molecule has 1 saturated carbocycles. The van der Waals surface area contributed by atoms with Gasteiger partial charge in [-0.1, -0.05) is 60.7 Å². The first kappa shape index (κ1) is 35.8. The van der Waals surface area contributed by atoms with E-state index in [1.807, 2.05) is 54.6 Å². The molecule has 13 nitrogen and oxygen atoms in total. The Morgan fingerprint density at radius 3 is 2.61 bits per heavy atom. The average Bonchev–Trinajstić information content (AvgIpc) is 3.85. The van der Waals surface area contributed by atoms with Crippen LogP contribution in [0.25, 0.3) is 10.8 Å². The third-order valence-corrected chi connectivity index (χ3v) is 10.2. The normalized spacial score (nSPS) is 19.1. The van der Waals surface area contributed by atoms with Gasteiger partial charge >= 0.3 is 6.09 Å². The van der Waals surface area contributed by atoms with Crippen molar-refractivity contribution in [3.63, 3.8) is 0 Å². The first-order valence-electron chi connectivity index (χ1n) is 16.6. The van der Waals surface area contributed by atoms with Gasteiger partial charge in [-0.15, -0.1) is 0 Å². The quantitative estimate of drug-likeness (QED) is 0.0718. The van der Waals surface area contributed by atoms with E-state index in [4.69, 9.17) is 4.74 Å². The number of nitrogens with zero attached hydrogens (tertiary/aromatic N) is 3. The van der Waals surface area contributed by atoms with Crippen LogP contribution in [-0.4, -0.2) is 86.6 Å². The standard InChI is InChI=1S/C35H44N6O7S/c42-33(16-17-38-49(46,47)31-15-14-27-10-4-5-11-28(27)20-31)36-24-40(35(44)45)25-37-41-18-6-12-30(22-41)34(43)39-32-21-29(32)13-7-19-48-23-26-8-2-1-3-9-26/h1-5,8-11,14-15,20,25,29-30,32,38H,6-7,12-13,16-19,21-24H2,(H,36,42)(H,39,43)(H,44,45)/t29?,30-,32-/m0/s1. The summed E-state index contributed by atoms with van der Waals surface area (Å²) in [5, 5.41) is 22.9. The molecule has 3 amide bonds. The number of nitrogens with one attached hydrogen (secondary N) is 3. The molecule has 1 saturated heterocycles. The number of ether oxygens (including phenoxy) is 1. The molecule has 4 N–H and O–H groups in total. The van der Waals surface area contributed by atoms with E-state index in [0.717, 1.165) is 59.7 Å². The van der Waals surface area contributed by atoms with Crippen molar-refractivity contribution in [3.8, 4) is 0 Å². The second kappa shape index (κ2) is 17.2. The van der Waals surface area contributed by atoms with Gasteiger partial charge in [0.2, 0.25) is 21.8 Å². The Labute approximate surface area is 286 Å². The average molecular weight is 693 g/mol. The van der Waals surface area contributed by atoms with Gasteiger partial charge in [-0.25, -0.2) is 22.8 Å². The fourth-order valence-electron chi connectivity index (χ4n) is 5.80. The van der Waals surface area contributed by atoms with Gasteiger partial charge in [0.1, 0.15) is 13.0 Å². The van der Waals surface area contributed by atoms with Crippen molar-refractivity contribution < 1.29 is 32.6 Å². The number of carbonyl (C=O) groups excluding carboxylic acids is 2. The summed E-state index contributed by atoms with van der Waals surface area (Å²) in [7, 11) is -3.84. The van der Waals surface area contributed by atoms with Crippen LogP contribution in [0.15, 0.2) is 82.8 Å². The van der Waals surface area contributed by atoms with Crippen molar-refractivity contribution in [2.45, 2.75) is 56.1 Å². The van der Waals surface area contributed by atoms with E-state index in [9.17, 15) is 27.9 Å². The molecule has 1 aliphatic heterocycles. The Morgan fingerprint density at radius 1 is 1.04 bits per heavy atom. The van der Waals surface area contributed by atoms with Crippen molar-refractivity contribution in [1.29, 1.82) is 0 Å². The van der Waals surface area contributed by atoms with Crippen LogP contribution in [0.5, 0.6) is 0 Å². The largest absolute Gasteiger partial charge is 0.465 e. The molecule has 3 aromatic rings. The number of rotatable bonds is 17. The summed E-state index contributed by atoms with van der Waals surface area (Å²) in [6.45, 7) is 1.70. The lowest BCUT2D eigenvalue weighted by molar-refractivity contribution is -0.127. The number of carboxylic acid groups (broad SMARTS) is 1. The number of hydrazone groups is 1. The van der Waals surface area contributed by atoms with Gasteiger partial charge in [0.15, 0.2) is 0 Å². The zero-order valence-electron chi connectivity index (χ0n) is 27.4. The van der Waals surface area contributed by atoms with Gasteiger partial charge in [0.25, 0.3) is 0 Å². The smallest absolute Gasteiger partial charge is 0.414 e. The Kier molecular flexibility index (Phi) is 12.6. The molecule has 3 aromatic carbocycles. The third-order valence-electron chi connectivity index (χ3n) is 8.72. The van der Waals surface area contributed by atoms with E-state index >= 15 is 0 Å². The molecule has 5 rings (SSSR count). The highest BCUT2D eigenvalue weighted by atomic mass is 32.2. The predicted octanol–water partition coefficient (Wildman–Crippen LogP) is 3.72. The Morgan fingerprint density at radius 2 is 1.82 bits per heavy atom. The number of fused-ring (bicyclic) bond motifs is 1. The lowest BCUT2D eigenvalue weighted by Crippen LogP contribution is -2.43. The number of amides is 3. The van der Waals surface area contributed by atoms with Crippen LogP contribution in [0, 0.1) is 11.8 Å². The number of sulfonamides is 1. The van der Waals surface area contributed by atoms with E-state index in [1.165, 1.54) is 6.07 Å². The summed E-state index contributed by atoms with van der Waals surface area (Å²) in [4.78, 5) is 38.0. The molecular formula is C35H44N6O7S. The zero-order chi connectivity index (χ0) is 34.6. The highest BCUT2D eigenvalue weighted by Gasteiger charge is 2.39. The molecule has 0 radical (unpaired) electrons. The Hall–Kier alpha value is -4.53. The third kappa shape index (κ3) is 11.0. The number of hydrogen-bond acceptors (Lipinski definition) is 8. The van der Waals surface area contributed by atoms with E-state index in [2.05, 4.69) is 20.5 Å². The maximum atomic E-state index is 13.0. The van der Waals surface area contributed by atoms with E-state index < -0.39 is 22.0 Å². The highest BCUT2D eigenvalue weighted by molar-refractivity contribution is 7.89. The Balaban J connectivity index is 0.980. The molecule has 0 spiro atoms. The summed E-state index contributed by atoms with van der Waals surface area (Å²) in [6, 6.07) is 22.4. The predicted molar refractivity (Wildman–Crippen MR) is 185 cm³/mol. The summed E-state index contributed by atoms with van der Waals surface area (Å²) in [5.41, 5.74) is 1.15. The topological polar surface area (TPSA) is 170 Å². The van der Waals surface area contributed by atoms with Crippen LogP contribution in [0.4, 0.5) is 4.79 Å². The molecule has 1 heterocycles. The fourth-order valence-corrected chi connectivity index (χ4v) is 6.87. The molecule has 2 aliphatic rings. The minimum Gasteiger partial charge on any atom is -0.465 e. The summed E-state index contributed by atoms with van der Waals surface area (Å²) >= 11 is 0. The number of hydrogen-bond donors (Lipinski definition) is 4. The van der Waals surface area contributed by atoms with Gasteiger partial charge in [-0.05, 0) is 66.5 Å². The maximum Gasteiger partial charge on any atom is 0.414 e. The SMILES string of the molecule is O=C(CCNS(=O)(=O)c1ccc2ccccc2c1)NCN(C=NN1CCC[C@H](C(=O)N[C@H]2CC2CCCOCc2ccccc2)C1)C(=O)O. The molecule has 1 aliphatic carbocycles. The Bertz CT molecular complexity index is 1720.